The van der Waals surface area contributed by atoms with Crippen LogP contribution in [-0.4, -0.2) is 10.2 Å². The Hall–Kier alpha value is -1.77. The third-order valence-electron chi connectivity index (χ3n) is 3.74. The Labute approximate surface area is 93.6 Å². The van der Waals surface area contributed by atoms with Crippen LogP contribution in [0.5, 0.6) is 11.5 Å². The van der Waals surface area contributed by atoms with Crippen molar-refractivity contribution in [3.8, 4) is 11.5 Å². The van der Waals surface area contributed by atoms with Crippen LogP contribution in [0, 0.1) is 0 Å². The van der Waals surface area contributed by atoms with Gasteiger partial charge in [-0.1, -0.05) is 6.92 Å². The van der Waals surface area contributed by atoms with Gasteiger partial charge in [0.25, 0.3) is 0 Å². The number of phenols is 2. The molecule has 0 saturated carbocycles. The fraction of sp³-hybridized carbons (Fsp3) is 0.308. The molecule has 2 heterocycles. The molecule has 82 valence electrons. The SMILES string of the molecule is CC1c2cc(O)c(O)c3ccc[n+](c23)C1C. The summed E-state index contributed by atoms with van der Waals surface area (Å²) in [6.45, 7) is 4.29. The molecular formula is C13H14NO2+. The molecule has 0 aliphatic carbocycles. The molecule has 3 rings (SSSR count). The Bertz CT molecular complexity index is 592. The van der Waals surface area contributed by atoms with E-state index >= 15 is 0 Å². The average Bonchev–Trinajstić information content (AvgIpc) is 2.53. The minimum atomic E-state index is -0.0267. The van der Waals surface area contributed by atoms with E-state index in [1.807, 2.05) is 18.3 Å². The van der Waals surface area contributed by atoms with Gasteiger partial charge in [0, 0.05) is 17.5 Å². The number of aromatic nitrogens is 1. The Morgan fingerprint density at radius 1 is 1.25 bits per heavy atom. The molecule has 2 aromatic rings. The van der Waals surface area contributed by atoms with Crippen molar-refractivity contribution in [3.05, 3.63) is 30.0 Å². The van der Waals surface area contributed by atoms with Crippen LogP contribution >= 0.6 is 0 Å². The molecule has 16 heavy (non-hydrogen) atoms. The third kappa shape index (κ3) is 0.953. The number of phenolic OH excluding ortho intramolecular Hbond substituents is 2. The van der Waals surface area contributed by atoms with Crippen molar-refractivity contribution in [1.29, 1.82) is 0 Å². The van der Waals surface area contributed by atoms with Crippen molar-refractivity contribution in [2.24, 2.45) is 0 Å². The van der Waals surface area contributed by atoms with Gasteiger partial charge >= 0.3 is 0 Å². The van der Waals surface area contributed by atoms with Crippen LogP contribution in [0.15, 0.2) is 24.4 Å². The lowest BCUT2D eigenvalue weighted by Crippen LogP contribution is -2.35. The first-order valence-corrected chi connectivity index (χ1v) is 5.50. The first-order chi connectivity index (χ1) is 7.61. The molecule has 0 amide bonds. The molecule has 1 aromatic heterocycles. The maximum absolute atomic E-state index is 9.84. The van der Waals surface area contributed by atoms with Crippen LogP contribution in [0.2, 0.25) is 0 Å². The van der Waals surface area contributed by atoms with Crippen molar-refractivity contribution >= 4 is 10.9 Å². The first-order valence-electron chi connectivity index (χ1n) is 5.50. The molecule has 2 unspecified atom stereocenters. The van der Waals surface area contributed by atoms with E-state index in [1.165, 1.54) is 0 Å². The normalized spacial score (nSPS) is 22.9. The zero-order valence-corrected chi connectivity index (χ0v) is 9.31. The highest BCUT2D eigenvalue weighted by Crippen LogP contribution is 2.42. The maximum atomic E-state index is 9.84. The van der Waals surface area contributed by atoms with Crippen LogP contribution in [0.1, 0.15) is 31.4 Å². The van der Waals surface area contributed by atoms with Crippen molar-refractivity contribution in [2.45, 2.75) is 25.8 Å². The molecule has 0 radical (unpaired) electrons. The predicted molar refractivity (Wildman–Crippen MR) is 60.6 cm³/mol. The van der Waals surface area contributed by atoms with Crippen LogP contribution in [0.3, 0.4) is 0 Å². The molecule has 3 nitrogen and oxygen atoms in total. The number of hydrogen-bond donors (Lipinski definition) is 2. The van der Waals surface area contributed by atoms with Crippen molar-refractivity contribution in [3.63, 3.8) is 0 Å². The summed E-state index contributed by atoms with van der Waals surface area (Å²) in [5, 5.41) is 20.3. The third-order valence-corrected chi connectivity index (χ3v) is 3.74. The number of nitrogens with zero attached hydrogens (tertiary/aromatic N) is 1. The fourth-order valence-corrected chi connectivity index (χ4v) is 2.63. The highest BCUT2D eigenvalue weighted by molar-refractivity contribution is 5.88. The van der Waals surface area contributed by atoms with E-state index in [0.29, 0.717) is 12.0 Å². The Balaban J connectivity index is 2.52. The second kappa shape index (κ2) is 2.88. The average molecular weight is 216 g/mol. The monoisotopic (exact) mass is 216 g/mol. The largest absolute Gasteiger partial charge is 0.504 e. The highest BCUT2D eigenvalue weighted by atomic mass is 16.3. The second-order valence-electron chi connectivity index (χ2n) is 4.54. The minimum absolute atomic E-state index is 0.0191. The molecule has 0 saturated heterocycles. The molecule has 2 atom stereocenters. The quantitative estimate of drug-likeness (QED) is 0.524. The highest BCUT2D eigenvalue weighted by Gasteiger charge is 2.37. The molecule has 2 N–H and O–H groups in total. The molecule has 0 bridgehead atoms. The van der Waals surface area contributed by atoms with Gasteiger partial charge in [-0.25, -0.2) is 0 Å². The topological polar surface area (TPSA) is 44.3 Å². The fourth-order valence-electron chi connectivity index (χ4n) is 2.63. The standard InChI is InChI=1S/C13H13NO2/c1-7-8(2)14-5-3-4-9-12(14)10(7)6-11(15)13(9)16/h3-8,15H,1-2H3/p+1. The number of pyridine rings is 1. The molecule has 0 spiro atoms. The summed E-state index contributed by atoms with van der Waals surface area (Å²) < 4.78 is 2.16. The molecule has 1 aliphatic heterocycles. The van der Waals surface area contributed by atoms with Gasteiger partial charge in [0.15, 0.2) is 23.7 Å². The summed E-state index contributed by atoms with van der Waals surface area (Å²) in [6.07, 6.45) is 2.02. The summed E-state index contributed by atoms with van der Waals surface area (Å²) in [5.41, 5.74) is 2.15. The number of aromatic hydroxyl groups is 2. The number of hydrogen-bond acceptors (Lipinski definition) is 2. The van der Waals surface area contributed by atoms with Crippen LogP contribution in [-0.2, 0) is 0 Å². The zero-order valence-electron chi connectivity index (χ0n) is 9.31. The van der Waals surface area contributed by atoms with Gasteiger partial charge in [0.2, 0.25) is 5.52 Å². The van der Waals surface area contributed by atoms with Gasteiger partial charge in [0.05, 0.1) is 5.39 Å². The summed E-state index contributed by atoms with van der Waals surface area (Å²) >= 11 is 0. The van der Waals surface area contributed by atoms with Gasteiger partial charge in [-0.3, -0.25) is 0 Å². The van der Waals surface area contributed by atoms with Gasteiger partial charge in [-0.2, -0.15) is 4.57 Å². The van der Waals surface area contributed by atoms with E-state index in [2.05, 4.69) is 18.4 Å². The van der Waals surface area contributed by atoms with Crippen LogP contribution in [0.4, 0.5) is 0 Å². The zero-order chi connectivity index (χ0) is 11.4. The van der Waals surface area contributed by atoms with Crippen LogP contribution in [0.25, 0.3) is 10.9 Å². The van der Waals surface area contributed by atoms with E-state index in [1.54, 1.807) is 6.07 Å². The van der Waals surface area contributed by atoms with Crippen molar-refractivity contribution in [1.82, 2.24) is 0 Å². The number of rotatable bonds is 0. The molecular weight excluding hydrogens is 202 g/mol. The molecule has 0 fully saturated rings. The first kappa shape index (κ1) is 9.46. The van der Waals surface area contributed by atoms with Gasteiger partial charge in [-0.15, -0.1) is 0 Å². The Morgan fingerprint density at radius 3 is 2.75 bits per heavy atom. The molecule has 1 aliphatic rings. The van der Waals surface area contributed by atoms with E-state index in [4.69, 9.17) is 0 Å². The van der Waals surface area contributed by atoms with Gasteiger partial charge < -0.3 is 10.2 Å². The lowest BCUT2D eigenvalue weighted by Gasteiger charge is -2.04. The Kier molecular flexibility index (Phi) is 1.70. The lowest BCUT2D eigenvalue weighted by molar-refractivity contribution is -0.690. The summed E-state index contributed by atoms with van der Waals surface area (Å²) in [5.74, 6) is 0.312. The number of benzene rings is 1. The van der Waals surface area contributed by atoms with E-state index in [9.17, 15) is 10.2 Å². The van der Waals surface area contributed by atoms with E-state index in [-0.39, 0.29) is 11.5 Å². The van der Waals surface area contributed by atoms with Crippen LogP contribution < -0.4 is 4.57 Å². The minimum Gasteiger partial charge on any atom is -0.504 e. The second-order valence-corrected chi connectivity index (χ2v) is 4.54. The predicted octanol–water partition coefficient (Wildman–Crippen LogP) is 2.22. The lowest BCUT2D eigenvalue weighted by atomic mass is 9.96. The molecule has 1 aromatic carbocycles. The molecule has 3 heteroatoms. The van der Waals surface area contributed by atoms with Gasteiger partial charge in [-0.05, 0) is 19.1 Å². The summed E-state index contributed by atoms with van der Waals surface area (Å²) in [6, 6.07) is 5.79. The van der Waals surface area contributed by atoms with Crippen molar-refractivity contribution in [2.75, 3.05) is 0 Å². The maximum Gasteiger partial charge on any atom is 0.220 e. The van der Waals surface area contributed by atoms with Crippen molar-refractivity contribution < 1.29 is 14.8 Å². The smallest absolute Gasteiger partial charge is 0.220 e. The van der Waals surface area contributed by atoms with Gasteiger partial charge in [0.1, 0.15) is 0 Å². The Morgan fingerprint density at radius 2 is 2.00 bits per heavy atom. The summed E-state index contributed by atoms with van der Waals surface area (Å²) in [4.78, 5) is 0. The van der Waals surface area contributed by atoms with E-state index in [0.717, 1.165) is 16.5 Å². The summed E-state index contributed by atoms with van der Waals surface area (Å²) in [7, 11) is 0. The van der Waals surface area contributed by atoms with E-state index < -0.39 is 0 Å².